The maximum Gasteiger partial charge on any atom is 0.0613 e. The number of alkyl halides is 1. The van der Waals surface area contributed by atoms with Crippen molar-refractivity contribution in [2.24, 2.45) is 17.8 Å². The van der Waals surface area contributed by atoms with Gasteiger partial charge in [0, 0.05) is 5.02 Å². The van der Waals surface area contributed by atoms with Crippen LogP contribution in [0.4, 0.5) is 0 Å². The van der Waals surface area contributed by atoms with Crippen LogP contribution in [0.25, 0.3) is 0 Å². The van der Waals surface area contributed by atoms with Crippen molar-refractivity contribution in [2.45, 2.75) is 50.3 Å². The first kappa shape index (κ1) is 13.8. The minimum atomic E-state index is 0.167. The maximum absolute atomic E-state index is 6.73. The van der Waals surface area contributed by atoms with E-state index >= 15 is 0 Å². The molecule has 0 bridgehead atoms. The second kappa shape index (κ2) is 6.06. The molecular weight excluding hydrogens is 275 g/mol. The largest absolute Gasteiger partial charge is 0.118 e. The van der Waals surface area contributed by atoms with Crippen LogP contribution >= 0.6 is 23.2 Å². The molecule has 0 nitrogen and oxygen atoms in total. The Labute approximate surface area is 126 Å². The van der Waals surface area contributed by atoms with Gasteiger partial charge in [0.15, 0.2) is 0 Å². The van der Waals surface area contributed by atoms with Gasteiger partial charge in [0.2, 0.25) is 0 Å². The van der Waals surface area contributed by atoms with Gasteiger partial charge in [0.05, 0.1) is 5.38 Å². The first-order chi connectivity index (χ1) is 9.24. The van der Waals surface area contributed by atoms with E-state index in [9.17, 15) is 0 Å². The summed E-state index contributed by atoms with van der Waals surface area (Å²) in [4.78, 5) is 0. The molecule has 4 unspecified atom stereocenters. The molecule has 0 amide bonds. The van der Waals surface area contributed by atoms with Gasteiger partial charge in [-0.1, -0.05) is 49.4 Å². The van der Waals surface area contributed by atoms with E-state index in [0.29, 0.717) is 5.92 Å². The lowest BCUT2D eigenvalue weighted by atomic mass is 9.66. The van der Waals surface area contributed by atoms with Crippen LogP contribution in [0.5, 0.6) is 0 Å². The number of halogens is 2. The lowest BCUT2D eigenvalue weighted by Gasteiger charge is -2.40. The van der Waals surface area contributed by atoms with E-state index < -0.39 is 0 Å². The molecule has 1 aromatic carbocycles. The molecule has 19 heavy (non-hydrogen) atoms. The van der Waals surface area contributed by atoms with Crippen molar-refractivity contribution < 1.29 is 0 Å². The number of fused-ring (bicyclic) bond motifs is 1. The summed E-state index contributed by atoms with van der Waals surface area (Å²) in [5.41, 5.74) is 1.24. The molecule has 0 aromatic heterocycles. The Morgan fingerprint density at radius 3 is 2.32 bits per heavy atom. The van der Waals surface area contributed by atoms with Gasteiger partial charge in [-0.05, 0) is 54.7 Å². The SMILES string of the molecule is Clc1ccc(C(Cl)C2CCC3CCCCC3C2)cc1. The summed E-state index contributed by atoms with van der Waals surface area (Å²) in [5, 5.41) is 0.962. The van der Waals surface area contributed by atoms with Crippen LogP contribution in [0, 0.1) is 17.8 Å². The van der Waals surface area contributed by atoms with Crippen molar-refractivity contribution >= 4 is 23.2 Å². The fraction of sp³-hybridized carbons (Fsp3) is 0.647. The highest BCUT2D eigenvalue weighted by atomic mass is 35.5. The van der Waals surface area contributed by atoms with Crippen LogP contribution < -0.4 is 0 Å². The molecule has 2 heteroatoms. The van der Waals surface area contributed by atoms with E-state index in [0.717, 1.165) is 16.9 Å². The second-order valence-corrected chi connectivity index (χ2v) is 7.24. The summed E-state index contributed by atoms with van der Waals surface area (Å²) in [6.07, 6.45) is 9.82. The zero-order chi connectivity index (χ0) is 13.2. The molecule has 0 aliphatic heterocycles. The van der Waals surface area contributed by atoms with E-state index in [4.69, 9.17) is 23.2 Å². The van der Waals surface area contributed by atoms with Crippen LogP contribution in [0.2, 0.25) is 5.02 Å². The fourth-order valence-corrected chi connectivity index (χ4v) is 4.59. The number of hydrogen-bond donors (Lipinski definition) is 0. The van der Waals surface area contributed by atoms with E-state index in [1.165, 1.54) is 50.5 Å². The molecule has 0 saturated heterocycles. The smallest absolute Gasteiger partial charge is 0.0613 e. The molecule has 0 radical (unpaired) electrons. The average molecular weight is 297 g/mol. The molecule has 2 fully saturated rings. The van der Waals surface area contributed by atoms with E-state index in [1.807, 2.05) is 12.1 Å². The zero-order valence-corrected chi connectivity index (χ0v) is 12.8. The van der Waals surface area contributed by atoms with E-state index in [2.05, 4.69) is 12.1 Å². The summed E-state index contributed by atoms with van der Waals surface area (Å²) in [6.45, 7) is 0. The lowest BCUT2D eigenvalue weighted by molar-refractivity contribution is 0.127. The van der Waals surface area contributed by atoms with Gasteiger partial charge in [-0.25, -0.2) is 0 Å². The Morgan fingerprint density at radius 2 is 1.58 bits per heavy atom. The highest BCUT2D eigenvalue weighted by Gasteiger charge is 2.35. The van der Waals surface area contributed by atoms with Crippen LogP contribution in [-0.2, 0) is 0 Å². The summed E-state index contributed by atoms with van der Waals surface area (Å²) in [7, 11) is 0. The Kier molecular flexibility index (Phi) is 4.39. The monoisotopic (exact) mass is 296 g/mol. The van der Waals surface area contributed by atoms with Crippen molar-refractivity contribution in [3.8, 4) is 0 Å². The molecule has 2 aliphatic carbocycles. The fourth-order valence-electron chi connectivity index (χ4n) is 4.09. The minimum Gasteiger partial charge on any atom is -0.118 e. The second-order valence-electron chi connectivity index (χ2n) is 6.33. The lowest BCUT2D eigenvalue weighted by Crippen LogP contribution is -2.29. The van der Waals surface area contributed by atoms with Crippen LogP contribution in [0.1, 0.15) is 55.9 Å². The van der Waals surface area contributed by atoms with E-state index in [-0.39, 0.29) is 5.38 Å². The Morgan fingerprint density at radius 1 is 0.895 bits per heavy atom. The van der Waals surface area contributed by atoms with Crippen LogP contribution in [0.15, 0.2) is 24.3 Å². The van der Waals surface area contributed by atoms with Crippen molar-refractivity contribution in [3.05, 3.63) is 34.9 Å². The van der Waals surface area contributed by atoms with Crippen molar-refractivity contribution in [1.29, 1.82) is 0 Å². The predicted molar refractivity (Wildman–Crippen MR) is 82.8 cm³/mol. The normalized spacial score (nSPS) is 32.6. The Bertz CT molecular complexity index is 412. The standard InChI is InChI=1S/C17H22Cl2/c18-16-9-7-13(8-10-16)17(19)15-6-5-12-3-1-2-4-14(12)11-15/h7-10,12,14-15,17H,1-6,11H2. The van der Waals surface area contributed by atoms with Crippen LogP contribution in [-0.4, -0.2) is 0 Å². The zero-order valence-electron chi connectivity index (χ0n) is 11.3. The molecule has 3 rings (SSSR count). The van der Waals surface area contributed by atoms with E-state index in [1.54, 1.807) is 0 Å². The quantitative estimate of drug-likeness (QED) is 0.568. The third kappa shape index (κ3) is 3.11. The predicted octanol–water partition coefficient (Wildman–Crippen LogP) is 6.23. The average Bonchev–Trinajstić information content (AvgIpc) is 2.47. The maximum atomic E-state index is 6.73. The third-order valence-corrected chi connectivity index (χ3v) is 6.04. The van der Waals surface area contributed by atoms with Gasteiger partial charge in [-0.3, -0.25) is 0 Å². The summed E-state index contributed by atoms with van der Waals surface area (Å²) < 4.78 is 0. The van der Waals surface area contributed by atoms with Gasteiger partial charge >= 0.3 is 0 Å². The molecule has 0 spiro atoms. The molecular formula is C17H22Cl2. The van der Waals surface area contributed by atoms with Gasteiger partial charge in [0.25, 0.3) is 0 Å². The topological polar surface area (TPSA) is 0 Å². The molecule has 0 N–H and O–H groups in total. The Hall–Kier alpha value is -0.200. The molecule has 2 aliphatic rings. The first-order valence-electron chi connectivity index (χ1n) is 7.63. The highest BCUT2D eigenvalue weighted by Crippen LogP contribution is 2.47. The van der Waals surface area contributed by atoms with Crippen molar-refractivity contribution in [3.63, 3.8) is 0 Å². The van der Waals surface area contributed by atoms with Crippen LogP contribution in [0.3, 0.4) is 0 Å². The van der Waals surface area contributed by atoms with Crippen molar-refractivity contribution in [2.75, 3.05) is 0 Å². The van der Waals surface area contributed by atoms with Gasteiger partial charge < -0.3 is 0 Å². The number of rotatable bonds is 2. The first-order valence-corrected chi connectivity index (χ1v) is 8.45. The van der Waals surface area contributed by atoms with Gasteiger partial charge in [-0.2, -0.15) is 0 Å². The summed E-state index contributed by atoms with van der Waals surface area (Å²) >= 11 is 12.7. The molecule has 2 saturated carbocycles. The number of hydrogen-bond acceptors (Lipinski definition) is 0. The highest BCUT2D eigenvalue weighted by molar-refractivity contribution is 6.30. The number of benzene rings is 1. The summed E-state index contributed by atoms with van der Waals surface area (Å²) in [6, 6.07) is 8.09. The molecule has 0 heterocycles. The minimum absolute atomic E-state index is 0.167. The Balaban J connectivity index is 1.67. The molecule has 104 valence electrons. The third-order valence-electron chi connectivity index (χ3n) is 5.18. The summed E-state index contributed by atoms with van der Waals surface area (Å²) in [5.74, 6) is 2.60. The van der Waals surface area contributed by atoms with Crippen molar-refractivity contribution in [1.82, 2.24) is 0 Å². The molecule has 1 aromatic rings. The van der Waals surface area contributed by atoms with Gasteiger partial charge in [-0.15, -0.1) is 11.6 Å². The molecule has 4 atom stereocenters. The van der Waals surface area contributed by atoms with Gasteiger partial charge in [0.1, 0.15) is 0 Å².